The van der Waals surface area contributed by atoms with Gasteiger partial charge < -0.3 is 4.90 Å². The van der Waals surface area contributed by atoms with Crippen molar-refractivity contribution < 1.29 is 4.92 Å². The highest BCUT2D eigenvalue weighted by Gasteiger charge is 2.26. The summed E-state index contributed by atoms with van der Waals surface area (Å²) in [6.45, 7) is 0. The first-order valence-corrected chi connectivity index (χ1v) is 6.34. The second kappa shape index (κ2) is 5.79. The number of hydrogen-bond donors (Lipinski definition) is 2. The molecule has 19 heavy (non-hydrogen) atoms. The van der Waals surface area contributed by atoms with Crippen LogP contribution in [-0.4, -0.2) is 28.0 Å². The molecule has 0 aromatic carbocycles. The first kappa shape index (κ1) is 13.5. The van der Waals surface area contributed by atoms with E-state index >= 15 is 0 Å². The number of nitrogens with two attached hydrogens (primary N) is 1. The lowest BCUT2D eigenvalue weighted by Gasteiger charge is -2.31. The summed E-state index contributed by atoms with van der Waals surface area (Å²) >= 11 is 0. The van der Waals surface area contributed by atoms with Crippen LogP contribution in [0.4, 0.5) is 17.5 Å². The Kier molecular flexibility index (Phi) is 4.10. The van der Waals surface area contributed by atoms with Crippen molar-refractivity contribution in [1.29, 1.82) is 0 Å². The molecule has 0 radical (unpaired) electrons. The molecule has 0 bridgehead atoms. The molecular weight excluding hydrogens is 248 g/mol. The minimum absolute atomic E-state index is 0.0907. The topological polar surface area (TPSA) is 110 Å². The van der Waals surface area contributed by atoms with Gasteiger partial charge in [-0.15, -0.1) is 0 Å². The van der Waals surface area contributed by atoms with Gasteiger partial charge in [0, 0.05) is 13.1 Å². The summed E-state index contributed by atoms with van der Waals surface area (Å²) in [6, 6.07) is 0.285. The van der Waals surface area contributed by atoms with Crippen molar-refractivity contribution >= 4 is 17.5 Å². The second-order valence-corrected chi connectivity index (χ2v) is 4.71. The third-order valence-electron chi connectivity index (χ3n) is 3.53. The Morgan fingerprint density at radius 3 is 2.74 bits per heavy atom. The fourth-order valence-corrected chi connectivity index (χ4v) is 2.47. The van der Waals surface area contributed by atoms with Gasteiger partial charge in [0.15, 0.2) is 0 Å². The van der Waals surface area contributed by atoms with Crippen molar-refractivity contribution in [3.05, 3.63) is 16.3 Å². The Morgan fingerprint density at radius 2 is 2.16 bits per heavy atom. The maximum atomic E-state index is 11.1. The van der Waals surface area contributed by atoms with Crippen LogP contribution in [0.5, 0.6) is 0 Å². The first-order chi connectivity index (χ1) is 9.13. The van der Waals surface area contributed by atoms with Crippen LogP contribution in [-0.2, 0) is 0 Å². The monoisotopic (exact) mass is 266 g/mol. The molecule has 1 fully saturated rings. The van der Waals surface area contributed by atoms with Crippen molar-refractivity contribution in [2.75, 3.05) is 17.4 Å². The van der Waals surface area contributed by atoms with Crippen molar-refractivity contribution in [3.8, 4) is 0 Å². The van der Waals surface area contributed by atoms with E-state index in [4.69, 9.17) is 5.84 Å². The minimum Gasteiger partial charge on any atom is -0.351 e. The Morgan fingerprint density at radius 1 is 1.47 bits per heavy atom. The van der Waals surface area contributed by atoms with Crippen LogP contribution in [0.1, 0.15) is 32.1 Å². The minimum atomic E-state index is -0.463. The van der Waals surface area contributed by atoms with Crippen LogP contribution < -0.4 is 16.2 Å². The molecule has 0 aliphatic heterocycles. The molecule has 1 heterocycles. The van der Waals surface area contributed by atoms with Crippen molar-refractivity contribution in [1.82, 2.24) is 9.97 Å². The lowest BCUT2D eigenvalue weighted by atomic mass is 9.94. The molecule has 0 spiro atoms. The number of nitrogens with one attached hydrogen (secondary N) is 1. The smallest absolute Gasteiger partial charge is 0.329 e. The standard InChI is InChI=1S/C11H18N6O2/c1-16(8-5-3-2-4-6-8)10-9(17(18)19)7-13-11(14-10)15-12/h7-8H,2-6,12H2,1H3,(H,13,14,15). The van der Waals surface area contributed by atoms with E-state index in [0.717, 1.165) is 25.7 Å². The zero-order valence-electron chi connectivity index (χ0n) is 10.9. The van der Waals surface area contributed by atoms with E-state index in [-0.39, 0.29) is 17.7 Å². The molecular formula is C11H18N6O2. The molecule has 3 N–H and O–H groups in total. The first-order valence-electron chi connectivity index (χ1n) is 6.34. The number of aromatic nitrogens is 2. The normalized spacial score (nSPS) is 16.1. The summed E-state index contributed by atoms with van der Waals surface area (Å²) < 4.78 is 0. The molecule has 104 valence electrons. The van der Waals surface area contributed by atoms with Gasteiger partial charge in [0.05, 0.1) is 4.92 Å². The molecule has 0 atom stereocenters. The van der Waals surface area contributed by atoms with Gasteiger partial charge in [0.2, 0.25) is 11.8 Å². The van der Waals surface area contributed by atoms with Crippen LogP contribution in [0.3, 0.4) is 0 Å². The molecule has 8 nitrogen and oxygen atoms in total. The molecule has 2 rings (SSSR count). The zero-order valence-corrected chi connectivity index (χ0v) is 10.9. The summed E-state index contributed by atoms with van der Waals surface area (Å²) in [5.74, 6) is 5.76. The third-order valence-corrected chi connectivity index (χ3v) is 3.53. The summed E-state index contributed by atoms with van der Waals surface area (Å²) in [4.78, 5) is 20.4. The van der Waals surface area contributed by atoms with Crippen LogP contribution in [0.15, 0.2) is 6.20 Å². The molecule has 1 aromatic heterocycles. The number of rotatable bonds is 4. The number of hydrogen-bond acceptors (Lipinski definition) is 7. The van der Waals surface area contributed by atoms with Gasteiger partial charge in [-0.1, -0.05) is 19.3 Å². The van der Waals surface area contributed by atoms with E-state index in [2.05, 4.69) is 15.4 Å². The Labute approximate surface area is 111 Å². The molecule has 0 amide bonds. The number of hydrazine groups is 1. The van der Waals surface area contributed by atoms with Gasteiger partial charge in [-0.25, -0.2) is 10.8 Å². The number of nitro groups is 1. The number of nitrogen functional groups attached to an aromatic ring is 1. The fraction of sp³-hybridized carbons (Fsp3) is 0.636. The Balaban J connectivity index is 2.31. The number of anilines is 2. The van der Waals surface area contributed by atoms with Gasteiger partial charge in [-0.05, 0) is 12.8 Å². The zero-order chi connectivity index (χ0) is 13.8. The van der Waals surface area contributed by atoms with E-state index < -0.39 is 4.92 Å². The van der Waals surface area contributed by atoms with Crippen LogP contribution in [0, 0.1) is 10.1 Å². The van der Waals surface area contributed by atoms with Gasteiger partial charge in [-0.3, -0.25) is 15.5 Å². The maximum absolute atomic E-state index is 11.1. The average Bonchev–Trinajstić information content (AvgIpc) is 2.46. The van der Waals surface area contributed by atoms with Gasteiger partial charge in [0.25, 0.3) is 0 Å². The van der Waals surface area contributed by atoms with Gasteiger partial charge in [0.1, 0.15) is 6.20 Å². The molecule has 1 saturated carbocycles. The molecule has 1 aliphatic carbocycles. The van der Waals surface area contributed by atoms with E-state index in [9.17, 15) is 10.1 Å². The molecule has 1 aliphatic rings. The third kappa shape index (κ3) is 2.90. The Bertz CT molecular complexity index is 460. The number of nitrogens with zero attached hydrogens (tertiary/aromatic N) is 4. The lowest BCUT2D eigenvalue weighted by Crippen LogP contribution is -2.34. The molecule has 8 heteroatoms. The predicted octanol–water partition coefficient (Wildman–Crippen LogP) is 1.44. The highest BCUT2D eigenvalue weighted by molar-refractivity contribution is 5.58. The quantitative estimate of drug-likeness (QED) is 0.482. The van der Waals surface area contributed by atoms with Gasteiger partial charge >= 0.3 is 5.69 Å². The summed E-state index contributed by atoms with van der Waals surface area (Å²) in [5, 5.41) is 11.1. The highest BCUT2D eigenvalue weighted by atomic mass is 16.6. The highest BCUT2D eigenvalue weighted by Crippen LogP contribution is 2.30. The summed E-state index contributed by atoms with van der Waals surface area (Å²) in [6.07, 6.45) is 6.78. The maximum Gasteiger partial charge on any atom is 0.329 e. The van der Waals surface area contributed by atoms with Crippen LogP contribution in [0.2, 0.25) is 0 Å². The van der Waals surface area contributed by atoms with E-state index in [1.807, 2.05) is 11.9 Å². The molecule has 0 saturated heterocycles. The van der Waals surface area contributed by atoms with Crippen molar-refractivity contribution in [3.63, 3.8) is 0 Å². The van der Waals surface area contributed by atoms with Crippen LogP contribution >= 0.6 is 0 Å². The second-order valence-electron chi connectivity index (χ2n) is 4.71. The summed E-state index contributed by atoms with van der Waals surface area (Å²) in [7, 11) is 1.84. The molecule has 0 unspecified atom stereocenters. The molecule has 1 aromatic rings. The largest absolute Gasteiger partial charge is 0.351 e. The predicted molar refractivity (Wildman–Crippen MR) is 71.8 cm³/mol. The summed E-state index contributed by atoms with van der Waals surface area (Å²) in [5.41, 5.74) is 2.23. The van der Waals surface area contributed by atoms with E-state index in [1.54, 1.807) is 0 Å². The fourth-order valence-electron chi connectivity index (χ4n) is 2.47. The SMILES string of the molecule is CN(c1nc(NN)ncc1[N+](=O)[O-])C1CCCCC1. The van der Waals surface area contributed by atoms with E-state index in [0.29, 0.717) is 5.82 Å². The van der Waals surface area contributed by atoms with Gasteiger partial charge in [-0.2, -0.15) is 4.98 Å². The van der Waals surface area contributed by atoms with Crippen molar-refractivity contribution in [2.24, 2.45) is 5.84 Å². The Hall–Kier alpha value is -1.96. The van der Waals surface area contributed by atoms with Crippen molar-refractivity contribution in [2.45, 2.75) is 38.1 Å². The lowest BCUT2D eigenvalue weighted by molar-refractivity contribution is -0.384. The average molecular weight is 266 g/mol. The van der Waals surface area contributed by atoms with Crippen LogP contribution in [0.25, 0.3) is 0 Å². The van der Waals surface area contributed by atoms with E-state index in [1.165, 1.54) is 12.6 Å².